The molecule has 0 heterocycles. The first kappa shape index (κ1) is 33.8. The molecule has 5 amide bonds. The molecule has 0 aliphatic heterocycles. The van der Waals surface area contributed by atoms with Gasteiger partial charge < -0.3 is 37.4 Å². The number of amides is 5. The van der Waals surface area contributed by atoms with Gasteiger partial charge in [-0.1, -0.05) is 41.5 Å². The Bertz CT molecular complexity index is 800. The van der Waals surface area contributed by atoms with Crippen LogP contribution in [0, 0.1) is 17.8 Å². The first-order valence-corrected chi connectivity index (χ1v) is 12.5. The minimum atomic E-state index is -1.22. The van der Waals surface area contributed by atoms with Crippen molar-refractivity contribution >= 4 is 35.5 Å². The zero-order valence-electron chi connectivity index (χ0n) is 22.7. The molecular weight excluding hydrogens is 484 g/mol. The van der Waals surface area contributed by atoms with E-state index in [1.54, 1.807) is 0 Å². The lowest BCUT2D eigenvalue weighted by molar-refractivity contribution is -0.137. The van der Waals surface area contributed by atoms with Gasteiger partial charge in [-0.3, -0.25) is 28.8 Å². The zero-order chi connectivity index (χ0) is 28.7. The van der Waals surface area contributed by atoms with Crippen LogP contribution in [0.15, 0.2) is 0 Å². The second kappa shape index (κ2) is 17.3. The first-order valence-electron chi connectivity index (χ1n) is 12.5. The standard InChI is InChI=1S/C24H44N6O7/c1-13(2)7-16(25)22(35)29-18(9-15(5)6)24(37)30-17(8-14(3)4)23(36)28-11-20(32)26-10-19(31)27-12-21(33)34/h13-18H,7-12,25H2,1-6H3,(H,26,32)(H,27,31)(H,28,36)(H,29,35)(H,30,37)(H,33,34)/t16-,17-,18-/m0/s1. The second-order valence-corrected chi connectivity index (χ2v) is 10.3. The molecular formula is C24H44N6O7. The summed E-state index contributed by atoms with van der Waals surface area (Å²) >= 11 is 0. The Morgan fingerprint density at radius 2 is 1.00 bits per heavy atom. The van der Waals surface area contributed by atoms with E-state index in [0.717, 1.165) is 0 Å². The molecule has 0 fully saturated rings. The van der Waals surface area contributed by atoms with Crippen LogP contribution in [0.2, 0.25) is 0 Å². The zero-order valence-corrected chi connectivity index (χ0v) is 22.7. The minimum absolute atomic E-state index is 0.0282. The lowest BCUT2D eigenvalue weighted by Gasteiger charge is -2.26. The van der Waals surface area contributed by atoms with Crippen molar-refractivity contribution in [3.8, 4) is 0 Å². The molecule has 0 bridgehead atoms. The van der Waals surface area contributed by atoms with E-state index in [1.807, 2.05) is 41.5 Å². The lowest BCUT2D eigenvalue weighted by atomic mass is 9.99. The monoisotopic (exact) mass is 528 g/mol. The molecule has 3 atom stereocenters. The van der Waals surface area contributed by atoms with Gasteiger partial charge in [-0.05, 0) is 37.0 Å². The van der Waals surface area contributed by atoms with E-state index in [0.29, 0.717) is 12.8 Å². The number of carbonyl (C=O) groups excluding carboxylic acids is 5. The molecule has 0 saturated heterocycles. The number of carbonyl (C=O) groups is 6. The minimum Gasteiger partial charge on any atom is -0.480 e. The Morgan fingerprint density at radius 3 is 1.46 bits per heavy atom. The summed E-state index contributed by atoms with van der Waals surface area (Å²) in [5, 5.41) is 20.7. The number of hydrogen-bond donors (Lipinski definition) is 7. The highest BCUT2D eigenvalue weighted by Gasteiger charge is 2.29. The molecule has 0 aliphatic rings. The van der Waals surface area contributed by atoms with Crippen molar-refractivity contribution in [2.45, 2.75) is 78.9 Å². The maximum Gasteiger partial charge on any atom is 0.322 e. The quantitative estimate of drug-likeness (QED) is 0.122. The van der Waals surface area contributed by atoms with Crippen LogP contribution in [0.5, 0.6) is 0 Å². The summed E-state index contributed by atoms with van der Waals surface area (Å²) in [7, 11) is 0. The van der Waals surface area contributed by atoms with E-state index in [9.17, 15) is 28.8 Å². The molecule has 0 aromatic rings. The molecule has 13 nitrogen and oxygen atoms in total. The van der Waals surface area contributed by atoms with Crippen LogP contribution in [0.25, 0.3) is 0 Å². The van der Waals surface area contributed by atoms with E-state index >= 15 is 0 Å². The first-order chi connectivity index (χ1) is 17.1. The molecule has 0 saturated carbocycles. The van der Waals surface area contributed by atoms with Crippen LogP contribution in [0.1, 0.15) is 60.8 Å². The van der Waals surface area contributed by atoms with Crippen molar-refractivity contribution in [2.24, 2.45) is 23.5 Å². The van der Waals surface area contributed by atoms with Gasteiger partial charge in [-0.2, -0.15) is 0 Å². The number of carboxylic acids is 1. The number of nitrogens with two attached hydrogens (primary N) is 1. The van der Waals surface area contributed by atoms with E-state index in [-0.39, 0.29) is 24.2 Å². The fourth-order valence-corrected chi connectivity index (χ4v) is 3.34. The maximum absolute atomic E-state index is 13.1. The van der Waals surface area contributed by atoms with Crippen molar-refractivity contribution in [3.05, 3.63) is 0 Å². The van der Waals surface area contributed by atoms with Gasteiger partial charge in [0, 0.05) is 0 Å². The Labute approximate surface area is 218 Å². The van der Waals surface area contributed by atoms with Gasteiger partial charge in [0.25, 0.3) is 0 Å². The van der Waals surface area contributed by atoms with Crippen LogP contribution in [-0.4, -0.2) is 78.4 Å². The van der Waals surface area contributed by atoms with Gasteiger partial charge >= 0.3 is 5.97 Å². The summed E-state index contributed by atoms with van der Waals surface area (Å²) in [6.07, 6.45) is 1.09. The van der Waals surface area contributed by atoms with Crippen molar-refractivity contribution in [1.82, 2.24) is 26.6 Å². The fourth-order valence-electron chi connectivity index (χ4n) is 3.34. The number of carboxylic acid groups (broad SMARTS) is 1. The lowest BCUT2D eigenvalue weighted by Crippen LogP contribution is -2.56. The number of nitrogens with one attached hydrogen (secondary N) is 5. The summed E-state index contributed by atoms with van der Waals surface area (Å²) in [5.74, 6) is -3.85. The van der Waals surface area contributed by atoms with Gasteiger partial charge in [-0.15, -0.1) is 0 Å². The van der Waals surface area contributed by atoms with Crippen LogP contribution >= 0.6 is 0 Å². The van der Waals surface area contributed by atoms with Crippen LogP contribution in [0.3, 0.4) is 0 Å². The average Bonchev–Trinajstić information content (AvgIpc) is 2.77. The Balaban J connectivity index is 5.11. The normalized spacial score (nSPS) is 13.5. The van der Waals surface area contributed by atoms with Crippen molar-refractivity contribution < 1.29 is 33.9 Å². The third kappa shape index (κ3) is 16.2. The van der Waals surface area contributed by atoms with Crippen LogP contribution in [0.4, 0.5) is 0 Å². The van der Waals surface area contributed by atoms with E-state index in [4.69, 9.17) is 10.8 Å². The molecule has 0 aliphatic carbocycles. The van der Waals surface area contributed by atoms with Gasteiger partial charge in [0.2, 0.25) is 29.5 Å². The van der Waals surface area contributed by atoms with Gasteiger partial charge in [0.1, 0.15) is 18.6 Å². The second-order valence-electron chi connectivity index (χ2n) is 10.3. The largest absolute Gasteiger partial charge is 0.480 e. The summed E-state index contributed by atoms with van der Waals surface area (Å²) in [6.45, 7) is 9.93. The number of hydrogen-bond acceptors (Lipinski definition) is 7. The highest BCUT2D eigenvalue weighted by Crippen LogP contribution is 2.10. The third-order valence-corrected chi connectivity index (χ3v) is 5.05. The van der Waals surface area contributed by atoms with Crippen molar-refractivity contribution in [2.75, 3.05) is 19.6 Å². The summed E-state index contributed by atoms with van der Waals surface area (Å²) in [5.41, 5.74) is 5.96. The fraction of sp³-hybridized carbons (Fsp3) is 0.750. The summed E-state index contributed by atoms with van der Waals surface area (Å²) < 4.78 is 0. The molecule has 0 unspecified atom stereocenters. The number of rotatable bonds is 17. The molecule has 0 rings (SSSR count). The topological polar surface area (TPSA) is 209 Å². The van der Waals surface area contributed by atoms with Gasteiger partial charge in [0.05, 0.1) is 19.1 Å². The smallest absolute Gasteiger partial charge is 0.322 e. The van der Waals surface area contributed by atoms with Crippen molar-refractivity contribution in [1.29, 1.82) is 0 Å². The van der Waals surface area contributed by atoms with Gasteiger partial charge in [-0.25, -0.2) is 0 Å². The molecule has 8 N–H and O–H groups in total. The highest BCUT2D eigenvalue weighted by atomic mass is 16.4. The maximum atomic E-state index is 13.1. The highest BCUT2D eigenvalue weighted by molar-refractivity contribution is 5.94. The van der Waals surface area contributed by atoms with E-state index < -0.39 is 73.3 Å². The molecule has 13 heteroatoms. The van der Waals surface area contributed by atoms with E-state index in [1.165, 1.54) is 0 Å². The summed E-state index contributed by atoms with van der Waals surface area (Å²) in [4.78, 5) is 72.3. The number of aliphatic carboxylic acids is 1. The molecule has 0 aromatic heterocycles. The molecule has 212 valence electrons. The predicted molar refractivity (Wildman–Crippen MR) is 137 cm³/mol. The van der Waals surface area contributed by atoms with Crippen LogP contribution in [-0.2, 0) is 28.8 Å². The molecule has 0 aromatic carbocycles. The molecule has 0 radical (unpaired) electrons. The Kier molecular flexibility index (Phi) is 15.8. The van der Waals surface area contributed by atoms with Crippen LogP contribution < -0.4 is 32.3 Å². The third-order valence-electron chi connectivity index (χ3n) is 5.05. The van der Waals surface area contributed by atoms with Gasteiger partial charge in [0.15, 0.2) is 0 Å². The summed E-state index contributed by atoms with van der Waals surface area (Å²) in [6, 6.07) is -2.61. The average molecular weight is 529 g/mol. The Hall–Kier alpha value is -3.22. The Morgan fingerprint density at radius 1 is 0.595 bits per heavy atom. The SMILES string of the molecule is CC(C)C[C@H](NC(=O)[C@H](CC(C)C)NC(=O)[C@@H](N)CC(C)C)C(=O)NCC(=O)NCC(=O)NCC(=O)O. The van der Waals surface area contributed by atoms with Crippen molar-refractivity contribution in [3.63, 3.8) is 0 Å². The molecule has 0 spiro atoms. The molecule has 37 heavy (non-hydrogen) atoms. The van der Waals surface area contributed by atoms with E-state index in [2.05, 4.69) is 26.6 Å². The predicted octanol–water partition coefficient (Wildman–Crippen LogP) is -1.15.